The van der Waals surface area contributed by atoms with E-state index in [2.05, 4.69) is 13.0 Å². The number of rotatable bonds is 4. The van der Waals surface area contributed by atoms with Crippen molar-refractivity contribution in [1.29, 1.82) is 0 Å². The van der Waals surface area contributed by atoms with E-state index in [1.54, 1.807) is 24.3 Å². The lowest BCUT2D eigenvalue weighted by molar-refractivity contribution is 0.0697. The summed E-state index contributed by atoms with van der Waals surface area (Å²) in [5.41, 5.74) is 5.41. The minimum absolute atomic E-state index is 0.301. The quantitative estimate of drug-likeness (QED) is 0.928. The van der Waals surface area contributed by atoms with Crippen molar-refractivity contribution in [2.75, 3.05) is 0 Å². The van der Waals surface area contributed by atoms with Gasteiger partial charge in [0.25, 0.3) is 0 Å². The molecule has 0 aromatic heterocycles. The summed E-state index contributed by atoms with van der Waals surface area (Å²) in [6, 6.07) is 11.0. The number of fused-ring (bicyclic) bond motifs is 1. The zero-order valence-electron chi connectivity index (χ0n) is 12.1. The van der Waals surface area contributed by atoms with Gasteiger partial charge in [-0.15, -0.1) is 0 Å². The number of hydrogen-bond acceptors (Lipinski definition) is 2. The highest BCUT2D eigenvalue weighted by Gasteiger charge is 2.17. The lowest BCUT2D eigenvalue weighted by Crippen LogP contribution is -2.01. The van der Waals surface area contributed by atoms with Crippen molar-refractivity contribution in [2.45, 2.75) is 32.8 Å². The molecule has 1 aliphatic carbocycles. The van der Waals surface area contributed by atoms with Crippen molar-refractivity contribution in [3.63, 3.8) is 0 Å². The SMILES string of the molecule is Cc1ccc(OCc2ccc(C(=O)O)cc2)c2c1CCC2. The second kappa shape index (κ2) is 5.60. The number of carboxylic acids is 1. The van der Waals surface area contributed by atoms with Gasteiger partial charge in [0, 0.05) is 0 Å². The van der Waals surface area contributed by atoms with Crippen LogP contribution in [0.25, 0.3) is 0 Å². The van der Waals surface area contributed by atoms with Gasteiger partial charge >= 0.3 is 5.97 Å². The van der Waals surface area contributed by atoms with Crippen molar-refractivity contribution in [2.24, 2.45) is 0 Å². The highest BCUT2D eigenvalue weighted by Crippen LogP contribution is 2.33. The van der Waals surface area contributed by atoms with Crippen molar-refractivity contribution < 1.29 is 14.6 Å². The van der Waals surface area contributed by atoms with E-state index in [4.69, 9.17) is 9.84 Å². The van der Waals surface area contributed by atoms with Crippen LogP contribution in [0.2, 0.25) is 0 Å². The molecular weight excluding hydrogens is 264 g/mol. The first kappa shape index (κ1) is 13.7. The zero-order valence-corrected chi connectivity index (χ0v) is 12.1. The third-order valence-electron chi connectivity index (χ3n) is 4.07. The molecule has 2 aromatic rings. The molecule has 0 saturated carbocycles. The van der Waals surface area contributed by atoms with Gasteiger partial charge in [0.05, 0.1) is 5.56 Å². The molecule has 3 nitrogen and oxygen atoms in total. The Kier molecular flexibility index (Phi) is 3.65. The van der Waals surface area contributed by atoms with Crippen LogP contribution in [-0.2, 0) is 19.4 Å². The van der Waals surface area contributed by atoms with Gasteiger partial charge in [0.1, 0.15) is 12.4 Å². The fourth-order valence-corrected chi connectivity index (χ4v) is 2.89. The van der Waals surface area contributed by atoms with E-state index in [1.807, 2.05) is 6.07 Å². The summed E-state index contributed by atoms with van der Waals surface area (Å²) in [6.07, 6.45) is 3.43. The van der Waals surface area contributed by atoms with Crippen molar-refractivity contribution in [3.8, 4) is 5.75 Å². The number of carboxylic acid groups (broad SMARTS) is 1. The third-order valence-corrected chi connectivity index (χ3v) is 4.07. The van der Waals surface area contributed by atoms with Gasteiger partial charge in [-0.3, -0.25) is 0 Å². The second-order valence-corrected chi connectivity index (χ2v) is 5.48. The van der Waals surface area contributed by atoms with E-state index >= 15 is 0 Å². The zero-order chi connectivity index (χ0) is 14.8. The molecule has 1 aliphatic rings. The lowest BCUT2D eigenvalue weighted by atomic mass is 10.0. The van der Waals surface area contributed by atoms with Crippen LogP contribution in [0.3, 0.4) is 0 Å². The molecule has 0 amide bonds. The van der Waals surface area contributed by atoms with Crippen LogP contribution < -0.4 is 4.74 Å². The molecule has 108 valence electrons. The second-order valence-electron chi connectivity index (χ2n) is 5.48. The molecule has 0 atom stereocenters. The van der Waals surface area contributed by atoms with Crippen molar-refractivity contribution >= 4 is 5.97 Å². The largest absolute Gasteiger partial charge is 0.489 e. The Bertz CT molecular complexity index is 672. The van der Waals surface area contributed by atoms with Crippen LogP contribution in [0.1, 0.15) is 39.0 Å². The van der Waals surface area contributed by atoms with E-state index < -0.39 is 5.97 Å². The number of aryl methyl sites for hydroxylation is 1. The highest BCUT2D eigenvalue weighted by atomic mass is 16.5. The van der Waals surface area contributed by atoms with Crippen LogP contribution in [0.5, 0.6) is 5.75 Å². The molecule has 0 heterocycles. The minimum Gasteiger partial charge on any atom is -0.489 e. The fraction of sp³-hybridized carbons (Fsp3) is 0.278. The number of aromatic carboxylic acids is 1. The Morgan fingerprint density at radius 3 is 2.52 bits per heavy atom. The molecule has 0 saturated heterocycles. The summed E-state index contributed by atoms with van der Waals surface area (Å²) in [6.45, 7) is 2.62. The van der Waals surface area contributed by atoms with E-state index in [9.17, 15) is 4.79 Å². The summed E-state index contributed by atoms with van der Waals surface area (Å²) in [4.78, 5) is 10.8. The predicted octanol–water partition coefficient (Wildman–Crippen LogP) is 3.76. The Balaban J connectivity index is 1.74. The van der Waals surface area contributed by atoms with Crippen LogP contribution in [0, 0.1) is 6.92 Å². The molecule has 3 rings (SSSR count). The number of ether oxygens (including phenoxy) is 1. The molecule has 2 aromatic carbocycles. The molecule has 1 N–H and O–H groups in total. The maximum absolute atomic E-state index is 10.8. The molecule has 0 fully saturated rings. The van der Waals surface area contributed by atoms with E-state index in [1.165, 1.54) is 23.1 Å². The standard InChI is InChI=1S/C18H18O3/c1-12-5-10-17(16-4-2-3-15(12)16)21-11-13-6-8-14(9-7-13)18(19)20/h5-10H,2-4,11H2,1H3,(H,19,20). The smallest absolute Gasteiger partial charge is 0.335 e. The Hall–Kier alpha value is -2.29. The molecule has 0 aliphatic heterocycles. The maximum Gasteiger partial charge on any atom is 0.335 e. The highest BCUT2D eigenvalue weighted by molar-refractivity contribution is 5.87. The summed E-state index contributed by atoms with van der Waals surface area (Å²) in [5.74, 6) is 0.0641. The van der Waals surface area contributed by atoms with Crippen LogP contribution in [0.15, 0.2) is 36.4 Å². The molecule has 0 spiro atoms. The van der Waals surface area contributed by atoms with Gasteiger partial charge in [-0.1, -0.05) is 18.2 Å². The Morgan fingerprint density at radius 2 is 1.81 bits per heavy atom. The van der Waals surface area contributed by atoms with E-state index in [0.29, 0.717) is 12.2 Å². The minimum atomic E-state index is -0.904. The monoisotopic (exact) mass is 282 g/mol. The summed E-state index contributed by atoms with van der Waals surface area (Å²) < 4.78 is 5.94. The summed E-state index contributed by atoms with van der Waals surface area (Å²) in [7, 11) is 0. The average molecular weight is 282 g/mol. The first-order valence-corrected chi connectivity index (χ1v) is 7.21. The summed E-state index contributed by atoms with van der Waals surface area (Å²) in [5, 5.41) is 8.88. The average Bonchev–Trinajstić information content (AvgIpc) is 2.97. The van der Waals surface area contributed by atoms with Crippen LogP contribution in [-0.4, -0.2) is 11.1 Å². The van der Waals surface area contributed by atoms with Gasteiger partial charge in [-0.2, -0.15) is 0 Å². The van der Waals surface area contributed by atoms with E-state index in [0.717, 1.165) is 24.2 Å². The lowest BCUT2D eigenvalue weighted by Gasteiger charge is -2.12. The van der Waals surface area contributed by atoms with Gasteiger partial charge in [-0.25, -0.2) is 4.79 Å². The van der Waals surface area contributed by atoms with Crippen molar-refractivity contribution in [1.82, 2.24) is 0 Å². The van der Waals surface area contributed by atoms with Gasteiger partial charge < -0.3 is 9.84 Å². The van der Waals surface area contributed by atoms with Gasteiger partial charge in [0.2, 0.25) is 0 Å². The Morgan fingerprint density at radius 1 is 1.10 bits per heavy atom. The third kappa shape index (κ3) is 2.77. The predicted molar refractivity (Wildman–Crippen MR) is 80.9 cm³/mol. The molecule has 21 heavy (non-hydrogen) atoms. The summed E-state index contributed by atoms with van der Waals surface area (Å²) >= 11 is 0. The van der Waals surface area contributed by atoms with Gasteiger partial charge in [-0.05, 0) is 66.6 Å². The topological polar surface area (TPSA) is 46.5 Å². The molecule has 0 unspecified atom stereocenters. The van der Waals surface area contributed by atoms with Gasteiger partial charge in [0.15, 0.2) is 0 Å². The van der Waals surface area contributed by atoms with Crippen LogP contribution >= 0.6 is 0 Å². The molecule has 3 heteroatoms. The molecule has 0 radical (unpaired) electrons. The fourth-order valence-electron chi connectivity index (χ4n) is 2.89. The number of benzene rings is 2. The number of hydrogen-bond donors (Lipinski definition) is 1. The first-order valence-electron chi connectivity index (χ1n) is 7.21. The Labute approximate surface area is 124 Å². The van der Waals surface area contributed by atoms with Crippen LogP contribution in [0.4, 0.5) is 0 Å². The molecule has 0 bridgehead atoms. The normalized spacial score (nSPS) is 13.0. The molecular formula is C18H18O3. The maximum atomic E-state index is 10.8. The first-order chi connectivity index (χ1) is 10.1. The number of carbonyl (C=O) groups is 1. The van der Waals surface area contributed by atoms with Crippen molar-refractivity contribution in [3.05, 3.63) is 64.2 Å². The van der Waals surface area contributed by atoms with E-state index in [-0.39, 0.29) is 0 Å².